The third kappa shape index (κ3) is 4.98. The molecule has 0 fully saturated rings. The van der Waals surface area contributed by atoms with E-state index in [0.29, 0.717) is 18.0 Å². The van der Waals surface area contributed by atoms with Crippen LogP contribution in [0, 0.1) is 0 Å². The minimum Gasteiger partial charge on any atom is -0.491 e. The third-order valence-electron chi connectivity index (χ3n) is 3.18. The summed E-state index contributed by atoms with van der Waals surface area (Å²) in [5.74, 6) is 0.170. The smallest absolute Gasteiger partial charge is 0.241 e. The number of nitrogen functional groups attached to an aromatic ring is 1. The summed E-state index contributed by atoms with van der Waals surface area (Å²) in [6.45, 7) is 0.607. The van der Waals surface area contributed by atoms with E-state index in [1.54, 1.807) is 18.2 Å². The highest BCUT2D eigenvalue weighted by Crippen LogP contribution is 2.23. The van der Waals surface area contributed by atoms with Crippen LogP contribution in [0.15, 0.2) is 54.6 Å². The maximum atomic E-state index is 10.7. The molecule has 0 unspecified atom stereocenters. The van der Waals surface area contributed by atoms with Crippen molar-refractivity contribution in [1.29, 1.82) is 0 Å². The number of anilines is 1. The zero-order valence-electron chi connectivity index (χ0n) is 12.4. The van der Waals surface area contributed by atoms with Crippen molar-refractivity contribution in [3.63, 3.8) is 0 Å². The third-order valence-corrected chi connectivity index (χ3v) is 3.18. The average molecular weight is 296 g/mol. The first-order valence-electron chi connectivity index (χ1n) is 7.19. The molecule has 2 aromatic rings. The molecule has 0 aliphatic carbocycles. The Balaban J connectivity index is 1.84. The molecule has 0 aliphatic heterocycles. The van der Waals surface area contributed by atoms with Crippen LogP contribution in [0.25, 0.3) is 6.08 Å². The lowest BCUT2D eigenvalue weighted by Crippen LogP contribution is -2.05. The molecule has 22 heavy (non-hydrogen) atoms. The van der Waals surface area contributed by atoms with E-state index in [1.165, 1.54) is 11.6 Å². The molecule has 0 saturated heterocycles. The van der Waals surface area contributed by atoms with Crippen molar-refractivity contribution in [2.24, 2.45) is 5.73 Å². The maximum absolute atomic E-state index is 10.7. The van der Waals surface area contributed by atoms with Gasteiger partial charge >= 0.3 is 0 Å². The van der Waals surface area contributed by atoms with Crippen LogP contribution in [0.5, 0.6) is 5.75 Å². The van der Waals surface area contributed by atoms with Crippen LogP contribution >= 0.6 is 0 Å². The summed E-state index contributed by atoms with van der Waals surface area (Å²) in [5.41, 5.74) is 13.7. The van der Waals surface area contributed by atoms with E-state index in [2.05, 4.69) is 12.1 Å². The van der Waals surface area contributed by atoms with Gasteiger partial charge in [0.15, 0.2) is 0 Å². The highest BCUT2D eigenvalue weighted by atomic mass is 16.5. The molecule has 4 heteroatoms. The number of hydrogen-bond donors (Lipinski definition) is 2. The molecule has 0 aliphatic rings. The Labute approximate surface area is 130 Å². The van der Waals surface area contributed by atoms with Gasteiger partial charge in [0.1, 0.15) is 5.75 Å². The van der Waals surface area contributed by atoms with E-state index in [9.17, 15) is 4.79 Å². The van der Waals surface area contributed by atoms with Crippen LogP contribution < -0.4 is 16.2 Å². The summed E-state index contributed by atoms with van der Waals surface area (Å²) in [5, 5.41) is 0. The molecule has 2 aromatic carbocycles. The highest BCUT2D eigenvalue weighted by Gasteiger charge is 2.01. The van der Waals surface area contributed by atoms with Crippen LogP contribution in [-0.4, -0.2) is 12.5 Å². The van der Waals surface area contributed by atoms with Gasteiger partial charge in [0, 0.05) is 6.08 Å². The normalized spacial score (nSPS) is 10.7. The van der Waals surface area contributed by atoms with E-state index in [1.807, 2.05) is 24.3 Å². The fraction of sp³-hybridized carbons (Fsp3) is 0.167. The maximum Gasteiger partial charge on any atom is 0.241 e. The Hall–Kier alpha value is -2.75. The number of aryl methyl sites for hydroxylation is 1. The molecule has 114 valence electrons. The molecule has 0 bridgehead atoms. The second kappa shape index (κ2) is 7.88. The predicted octanol–water partition coefficient (Wildman–Crippen LogP) is 2.78. The van der Waals surface area contributed by atoms with Gasteiger partial charge in [0.2, 0.25) is 5.91 Å². The van der Waals surface area contributed by atoms with Crippen molar-refractivity contribution in [2.45, 2.75) is 12.8 Å². The van der Waals surface area contributed by atoms with Crippen LogP contribution in [0.2, 0.25) is 0 Å². The van der Waals surface area contributed by atoms with Crippen LogP contribution in [-0.2, 0) is 11.2 Å². The van der Waals surface area contributed by atoms with E-state index in [4.69, 9.17) is 16.2 Å². The number of ether oxygens (including phenoxy) is 1. The molecule has 0 heterocycles. The lowest BCUT2D eigenvalue weighted by atomic mass is 10.1. The number of carbonyl (C=O) groups excluding carboxylic acids is 1. The van der Waals surface area contributed by atoms with Crippen LogP contribution in [0.4, 0.5) is 5.69 Å². The number of primary amides is 1. The first kappa shape index (κ1) is 15.6. The number of amides is 1. The van der Waals surface area contributed by atoms with Gasteiger partial charge in [-0.05, 0) is 42.2 Å². The van der Waals surface area contributed by atoms with Gasteiger partial charge in [-0.25, -0.2) is 0 Å². The summed E-state index contributed by atoms with van der Waals surface area (Å²) in [7, 11) is 0. The van der Waals surface area contributed by atoms with Crippen molar-refractivity contribution in [2.75, 3.05) is 12.3 Å². The Morgan fingerprint density at radius 3 is 2.59 bits per heavy atom. The van der Waals surface area contributed by atoms with Crippen molar-refractivity contribution < 1.29 is 9.53 Å². The van der Waals surface area contributed by atoms with Crippen molar-refractivity contribution in [3.8, 4) is 5.75 Å². The topological polar surface area (TPSA) is 78.3 Å². The standard InChI is InChI=1S/C18H20N2O2/c19-16-13-15(9-11-18(20)21)8-10-17(16)22-12-4-7-14-5-2-1-3-6-14/h1-3,5-6,8-11,13H,4,7,12,19H2,(H2,20,21)/b11-9-. The molecule has 0 radical (unpaired) electrons. The van der Waals surface area contributed by atoms with E-state index < -0.39 is 5.91 Å². The average Bonchev–Trinajstić information content (AvgIpc) is 2.52. The molecule has 4 nitrogen and oxygen atoms in total. The van der Waals surface area contributed by atoms with Gasteiger partial charge in [-0.2, -0.15) is 0 Å². The first-order valence-corrected chi connectivity index (χ1v) is 7.19. The predicted molar refractivity (Wildman–Crippen MR) is 89.3 cm³/mol. The van der Waals surface area contributed by atoms with E-state index >= 15 is 0 Å². The summed E-state index contributed by atoms with van der Waals surface area (Å²) >= 11 is 0. The summed E-state index contributed by atoms with van der Waals surface area (Å²) in [6.07, 6.45) is 4.82. The molecule has 0 saturated carbocycles. The minimum absolute atomic E-state index is 0.486. The van der Waals surface area contributed by atoms with Gasteiger partial charge in [-0.15, -0.1) is 0 Å². The second-order valence-electron chi connectivity index (χ2n) is 4.97. The monoisotopic (exact) mass is 296 g/mol. The van der Waals surface area contributed by atoms with Gasteiger partial charge in [-0.3, -0.25) is 4.79 Å². The Kier molecular flexibility index (Phi) is 5.60. The quantitative estimate of drug-likeness (QED) is 0.468. The van der Waals surface area contributed by atoms with Gasteiger partial charge in [0.25, 0.3) is 0 Å². The van der Waals surface area contributed by atoms with E-state index in [0.717, 1.165) is 18.4 Å². The Bertz CT molecular complexity index is 651. The Morgan fingerprint density at radius 2 is 1.91 bits per heavy atom. The zero-order chi connectivity index (χ0) is 15.8. The summed E-state index contributed by atoms with van der Waals surface area (Å²) in [6, 6.07) is 15.7. The largest absolute Gasteiger partial charge is 0.491 e. The Morgan fingerprint density at radius 1 is 1.14 bits per heavy atom. The number of carbonyl (C=O) groups is 1. The van der Waals surface area contributed by atoms with Crippen molar-refractivity contribution in [3.05, 3.63) is 65.7 Å². The molecule has 0 spiro atoms. The van der Waals surface area contributed by atoms with Crippen LogP contribution in [0.1, 0.15) is 17.5 Å². The number of nitrogens with two attached hydrogens (primary N) is 2. The fourth-order valence-electron chi connectivity index (χ4n) is 2.08. The summed E-state index contributed by atoms with van der Waals surface area (Å²) < 4.78 is 5.70. The summed E-state index contributed by atoms with van der Waals surface area (Å²) in [4.78, 5) is 10.7. The molecular weight excluding hydrogens is 276 g/mol. The van der Waals surface area contributed by atoms with Gasteiger partial charge in [-0.1, -0.05) is 36.4 Å². The number of benzene rings is 2. The zero-order valence-corrected chi connectivity index (χ0v) is 12.4. The number of rotatable bonds is 7. The lowest BCUT2D eigenvalue weighted by molar-refractivity contribution is -0.113. The molecule has 0 aromatic heterocycles. The first-order chi connectivity index (χ1) is 10.6. The van der Waals surface area contributed by atoms with Gasteiger partial charge in [0.05, 0.1) is 12.3 Å². The van der Waals surface area contributed by atoms with Crippen molar-refractivity contribution in [1.82, 2.24) is 0 Å². The molecule has 4 N–H and O–H groups in total. The minimum atomic E-state index is -0.486. The van der Waals surface area contributed by atoms with Crippen LogP contribution in [0.3, 0.4) is 0 Å². The second-order valence-corrected chi connectivity index (χ2v) is 4.97. The SMILES string of the molecule is NC(=O)/C=C\c1ccc(OCCCc2ccccc2)c(N)c1. The fourth-order valence-corrected chi connectivity index (χ4v) is 2.08. The molecule has 2 rings (SSSR count). The number of hydrogen-bond acceptors (Lipinski definition) is 3. The highest BCUT2D eigenvalue weighted by molar-refractivity contribution is 5.90. The molecule has 1 amide bonds. The van der Waals surface area contributed by atoms with E-state index in [-0.39, 0.29) is 0 Å². The lowest BCUT2D eigenvalue weighted by Gasteiger charge is -2.09. The molecule has 0 atom stereocenters. The van der Waals surface area contributed by atoms with Gasteiger partial charge < -0.3 is 16.2 Å². The molecular formula is C18H20N2O2. The van der Waals surface area contributed by atoms with Crippen molar-refractivity contribution >= 4 is 17.7 Å².